The highest BCUT2D eigenvalue weighted by Gasteiger charge is 2.16. The van der Waals surface area contributed by atoms with Crippen LogP contribution < -0.4 is 5.48 Å². The van der Waals surface area contributed by atoms with Gasteiger partial charge in [0, 0.05) is 25.9 Å². The minimum absolute atomic E-state index is 0.274. The van der Waals surface area contributed by atoms with Crippen LogP contribution in [0.1, 0.15) is 71.6 Å². The topological polar surface area (TPSA) is 69.6 Å². The summed E-state index contributed by atoms with van der Waals surface area (Å²) in [6, 6.07) is 0. The predicted molar refractivity (Wildman–Crippen MR) is 79.4 cm³/mol. The SMILES string of the molecule is CCC.O=C(CCCCCCC(=O)N1CCCC1)NO. The highest BCUT2D eigenvalue weighted by atomic mass is 16.5. The average Bonchev–Trinajstić information content (AvgIpc) is 2.97. The van der Waals surface area contributed by atoms with Gasteiger partial charge in [-0.25, -0.2) is 5.48 Å². The zero-order chi connectivity index (χ0) is 15.2. The molecule has 0 bridgehead atoms. The molecule has 1 saturated heterocycles. The van der Waals surface area contributed by atoms with Crippen molar-refractivity contribution < 1.29 is 14.8 Å². The fraction of sp³-hybridized carbons (Fsp3) is 0.867. The number of hydrogen-bond acceptors (Lipinski definition) is 3. The lowest BCUT2D eigenvalue weighted by Crippen LogP contribution is -2.27. The first-order valence-electron chi connectivity index (χ1n) is 7.86. The van der Waals surface area contributed by atoms with E-state index in [9.17, 15) is 9.59 Å². The molecule has 5 nitrogen and oxygen atoms in total. The lowest BCUT2D eigenvalue weighted by molar-refractivity contribution is -0.130. The maximum absolute atomic E-state index is 11.7. The summed E-state index contributed by atoms with van der Waals surface area (Å²) < 4.78 is 0. The van der Waals surface area contributed by atoms with E-state index in [4.69, 9.17) is 5.21 Å². The second-order valence-corrected chi connectivity index (χ2v) is 5.24. The summed E-state index contributed by atoms with van der Waals surface area (Å²) in [4.78, 5) is 24.3. The number of carbonyl (C=O) groups is 2. The molecule has 5 heteroatoms. The van der Waals surface area contributed by atoms with Gasteiger partial charge in [-0.15, -0.1) is 0 Å². The van der Waals surface area contributed by atoms with Crippen molar-refractivity contribution in [3.05, 3.63) is 0 Å². The number of rotatable bonds is 7. The summed E-state index contributed by atoms with van der Waals surface area (Å²) in [6.07, 6.45) is 8.09. The van der Waals surface area contributed by atoms with Gasteiger partial charge in [0.2, 0.25) is 11.8 Å². The number of likely N-dealkylation sites (tertiary alicyclic amines) is 1. The van der Waals surface area contributed by atoms with E-state index in [1.54, 1.807) is 5.48 Å². The Balaban J connectivity index is 0.00000110. The van der Waals surface area contributed by atoms with Gasteiger partial charge in [0.05, 0.1) is 0 Å². The van der Waals surface area contributed by atoms with Crippen molar-refractivity contribution in [2.24, 2.45) is 0 Å². The van der Waals surface area contributed by atoms with Gasteiger partial charge in [-0.3, -0.25) is 14.8 Å². The molecule has 0 atom stereocenters. The molecular formula is C15H30N2O3. The molecule has 2 amide bonds. The van der Waals surface area contributed by atoms with Gasteiger partial charge in [-0.1, -0.05) is 33.1 Å². The number of hydrogen-bond donors (Lipinski definition) is 2. The van der Waals surface area contributed by atoms with E-state index in [1.165, 1.54) is 6.42 Å². The number of nitrogens with one attached hydrogen (secondary N) is 1. The van der Waals surface area contributed by atoms with E-state index in [0.717, 1.165) is 51.6 Å². The largest absolute Gasteiger partial charge is 0.343 e. The maximum atomic E-state index is 11.7. The molecule has 0 aromatic heterocycles. The van der Waals surface area contributed by atoms with Crippen molar-refractivity contribution in [3.63, 3.8) is 0 Å². The molecule has 118 valence electrons. The molecule has 0 radical (unpaired) electrons. The van der Waals surface area contributed by atoms with E-state index >= 15 is 0 Å². The Morgan fingerprint density at radius 2 is 1.50 bits per heavy atom. The number of hydroxylamine groups is 1. The highest BCUT2D eigenvalue weighted by Crippen LogP contribution is 2.12. The monoisotopic (exact) mass is 286 g/mol. The van der Waals surface area contributed by atoms with Crippen LogP contribution in [0.3, 0.4) is 0 Å². The normalized spacial score (nSPS) is 13.7. The van der Waals surface area contributed by atoms with E-state index in [2.05, 4.69) is 13.8 Å². The van der Waals surface area contributed by atoms with E-state index in [1.807, 2.05) is 4.90 Å². The van der Waals surface area contributed by atoms with Crippen LogP contribution in [0.5, 0.6) is 0 Å². The van der Waals surface area contributed by atoms with E-state index in [-0.39, 0.29) is 11.8 Å². The summed E-state index contributed by atoms with van der Waals surface area (Å²) in [7, 11) is 0. The number of nitrogens with zero attached hydrogens (tertiary/aromatic N) is 1. The zero-order valence-corrected chi connectivity index (χ0v) is 13.0. The molecule has 0 spiro atoms. The number of carbonyl (C=O) groups excluding carboxylic acids is 2. The molecule has 1 heterocycles. The van der Waals surface area contributed by atoms with Gasteiger partial charge in [-0.05, 0) is 25.7 Å². The van der Waals surface area contributed by atoms with Gasteiger partial charge in [0.15, 0.2) is 0 Å². The third kappa shape index (κ3) is 9.78. The highest BCUT2D eigenvalue weighted by molar-refractivity contribution is 5.76. The van der Waals surface area contributed by atoms with Gasteiger partial charge in [0.1, 0.15) is 0 Å². The minimum atomic E-state index is -0.335. The van der Waals surface area contributed by atoms with Crippen molar-refractivity contribution in [2.75, 3.05) is 13.1 Å². The predicted octanol–water partition coefficient (Wildman–Crippen LogP) is 2.87. The third-order valence-electron chi connectivity index (χ3n) is 3.13. The molecule has 1 rings (SSSR count). The van der Waals surface area contributed by atoms with Crippen LogP contribution in [-0.4, -0.2) is 35.0 Å². The van der Waals surface area contributed by atoms with Crippen LogP contribution in [0.25, 0.3) is 0 Å². The summed E-state index contributed by atoms with van der Waals surface area (Å²) in [6.45, 7) is 6.10. The lowest BCUT2D eigenvalue weighted by Gasteiger charge is -2.14. The first-order valence-corrected chi connectivity index (χ1v) is 7.86. The Morgan fingerprint density at radius 1 is 1.00 bits per heavy atom. The molecule has 1 aliphatic rings. The Bertz CT molecular complexity index is 264. The van der Waals surface area contributed by atoms with Crippen LogP contribution in [0.2, 0.25) is 0 Å². The van der Waals surface area contributed by atoms with Crippen LogP contribution in [-0.2, 0) is 9.59 Å². The Labute approximate surface area is 122 Å². The fourth-order valence-corrected chi connectivity index (χ4v) is 2.10. The van der Waals surface area contributed by atoms with Crippen LogP contribution >= 0.6 is 0 Å². The standard InChI is InChI=1S/C12H22N2O3.C3H8/c15-11(13-17)7-3-1-2-4-8-12(16)14-9-5-6-10-14;1-3-2/h17H,1-10H2,(H,13,15);3H2,1-2H3. The van der Waals surface area contributed by atoms with E-state index < -0.39 is 0 Å². The molecule has 1 fully saturated rings. The molecule has 0 aromatic rings. The lowest BCUT2D eigenvalue weighted by atomic mass is 10.1. The minimum Gasteiger partial charge on any atom is -0.343 e. The second kappa shape index (κ2) is 12.9. The first-order chi connectivity index (χ1) is 9.65. The molecule has 0 unspecified atom stereocenters. The summed E-state index contributed by atoms with van der Waals surface area (Å²) in [5.74, 6) is -0.0613. The summed E-state index contributed by atoms with van der Waals surface area (Å²) in [5, 5.41) is 8.28. The van der Waals surface area contributed by atoms with E-state index in [0.29, 0.717) is 12.8 Å². The third-order valence-corrected chi connectivity index (χ3v) is 3.13. The Hall–Kier alpha value is -1.10. The summed E-state index contributed by atoms with van der Waals surface area (Å²) in [5.41, 5.74) is 1.61. The summed E-state index contributed by atoms with van der Waals surface area (Å²) >= 11 is 0. The molecule has 0 aromatic carbocycles. The van der Waals surface area contributed by atoms with Crippen molar-refractivity contribution in [2.45, 2.75) is 71.6 Å². The van der Waals surface area contributed by atoms with Gasteiger partial charge in [-0.2, -0.15) is 0 Å². The van der Waals surface area contributed by atoms with Crippen molar-refractivity contribution in [1.82, 2.24) is 10.4 Å². The fourth-order valence-electron chi connectivity index (χ4n) is 2.10. The zero-order valence-electron chi connectivity index (χ0n) is 13.0. The molecule has 0 aliphatic carbocycles. The van der Waals surface area contributed by atoms with Crippen molar-refractivity contribution in [3.8, 4) is 0 Å². The van der Waals surface area contributed by atoms with Crippen molar-refractivity contribution in [1.29, 1.82) is 0 Å². The first kappa shape index (κ1) is 18.9. The van der Waals surface area contributed by atoms with Gasteiger partial charge < -0.3 is 4.90 Å². The van der Waals surface area contributed by atoms with Crippen LogP contribution in [0.15, 0.2) is 0 Å². The number of unbranched alkanes of at least 4 members (excludes halogenated alkanes) is 3. The number of amides is 2. The van der Waals surface area contributed by atoms with Crippen LogP contribution in [0, 0.1) is 0 Å². The maximum Gasteiger partial charge on any atom is 0.243 e. The van der Waals surface area contributed by atoms with Gasteiger partial charge >= 0.3 is 0 Å². The molecule has 20 heavy (non-hydrogen) atoms. The van der Waals surface area contributed by atoms with Crippen molar-refractivity contribution >= 4 is 11.8 Å². The Kier molecular flexibility index (Phi) is 12.2. The molecule has 0 saturated carbocycles. The van der Waals surface area contributed by atoms with Crippen LogP contribution in [0.4, 0.5) is 0 Å². The molecule has 1 aliphatic heterocycles. The van der Waals surface area contributed by atoms with Gasteiger partial charge in [0.25, 0.3) is 0 Å². The average molecular weight is 286 g/mol. The smallest absolute Gasteiger partial charge is 0.243 e. The quantitative estimate of drug-likeness (QED) is 0.429. The molecule has 2 N–H and O–H groups in total. The Morgan fingerprint density at radius 3 is 2.00 bits per heavy atom. The second-order valence-electron chi connectivity index (χ2n) is 5.24. The molecular weight excluding hydrogens is 256 g/mol.